The predicted octanol–water partition coefficient (Wildman–Crippen LogP) is 10.3. The number of benzene rings is 3. The highest BCUT2D eigenvalue weighted by Crippen LogP contribution is 2.33. The van der Waals surface area contributed by atoms with Crippen molar-refractivity contribution in [2.24, 2.45) is 0 Å². The number of carbonyl (C=O) groups is 1. The maximum absolute atomic E-state index is 13.2. The molecule has 0 fully saturated rings. The Morgan fingerprint density at radius 2 is 1.67 bits per heavy atom. The van der Waals surface area contributed by atoms with Gasteiger partial charge >= 0.3 is 0 Å². The average Bonchev–Trinajstić information content (AvgIpc) is 3.57. The van der Waals surface area contributed by atoms with Gasteiger partial charge in [-0.05, 0) is 85.6 Å². The lowest BCUT2D eigenvalue weighted by molar-refractivity contribution is -0.107. The molecule has 0 aliphatic carbocycles. The molecule has 46 heavy (non-hydrogen) atoms. The van der Waals surface area contributed by atoms with E-state index in [0.29, 0.717) is 29.6 Å². The van der Waals surface area contributed by atoms with Crippen LogP contribution in [-0.2, 0) is 17.9 Å². The minimum absolute atomic E-state index is 0.278. The molecule has 244 valence electrons. The van der Waals surface area contributed by atoms with E-state index in [4.69, 9.17) is 20.8 Å². The van der Waals surface area contributed by atoms with Crippen LogP contribution in [0, 0.1) is 5.82 Å². The number of furan rings is 1. The first-order chi connectivity index (χ1) is 22.6. The van der Waals surface area contributed by atoms with Crippen molar-refractivity contribution in [3.05, 3.63) is 101 Å². The molecule has 2 N–H and O–H groups in total. The lowest BCUT2D eigenvalue weighted by Gasteiger charge is -2.12. The van der Waals surface area contributed by atoms with Gasteiger partial charge in [-0.15, -0.1) is 0 Å². The van der Waals surface area contributed by atoms with Gasteiger partial charge in [-0.1, -0.05) is 64.3 Å². The van der Waals surface area contributed by atoms with Gasteiger partial charge in [0, 0.05) is 23.1 Å². The highest BCUT2D eigenvalue weighted by Gasteiger charge is 2.11. The van der Waals surface area contributed by atoms with E-state index in [1.165, 1.54) is 18.5 Å². The Morgan fingerprint density at radius 3 is 2.43 bits per heavy atom. The van der Waals surface area contributed by atoms with Crippen LogP contribution < -0.4 is 15.4 Å². The van der Waals surface area contributed by atoms with Crippen LogP contribution in [0.25, 0.3) is 22.2 Å². The van der Waals surface area contributed by atoms with E-state index in [2.05, 4.69) is 20.6 Å². The zero-order valence-electron chi connectivity index (χ0n) is 27.1. The van der Waals surface area contributed by atoms with Crippen molar-refractivity contribution in [2.75, 3.05) is 11.9 Å². The lowest BCUT2D eigenvalue weighted by Crippen LogP contribution is -2.14. The number of hydrogen-bond donors (Lipinski definition) is 2. The molecule has 0 saturated heterocycles. The third kappa shape index (κ3) is 11.0. The van der Waals surface area contributed by atoms with E-state index in [9.17, 15) is 9.18 Å². The molecular formula is C37H44ClFN4O3. The monoisotopic (exact) mass is 646 g/mol. The van der Waals surface area contributed by atoms with Crippen LogP contribution in [0.2, 0.25) is 5.02 Å². The number of unbranched alkanes of at least 4 members (excludes halogenated alkanes) is 4. The molecule has 0 radical (unpaired) electrons. The number of aromatic nitrogens is 2. The van der Waals surface area contributed by atoms with E-state index in [0.717, 1.165) is 77.8 Å². The summed E-state index contributed by atoms with van der Waals surface area (Å²) in [6.45, 7) is 9.84. The molecule has 7 nitrogen and oxygen atoms in total. The Kier molecular flexibility index (Phi) is 15.7. The fourth-order valence-electron chi connectivity index (χ4n) is 4.55. The van der Waals surface area contributed by atoms with Gasteiger partial charge in [-0.2, -0.15) is 0 Å². The lowest BCUT2D eigenvalue weighted by atomic mass is 10.1. The molecule has 5 rings (SSSR count). The molecule has 0 aliphatic rings. The van der Waals surface area contributed by atoms with E-state index in [1.807, 2.05) is 64.1 Å². The Bertz CT molecular complexity index is 1630. The van der Waals surface area contributed by atoms with Crippen molar-refractivity contribution < 1.29 is 18.3 Å². The number of anilines is 2. The number of ether oxygens (including phenoxy) is 1. The first kappa shape index (κ1) is 36.2. The van der Waals surface area contributed by atoms with Crippen LogP contribution in [0.5, 0.6) is 5.75 Å². The van der Waals surface area contributed by atoms with Gasteiger partial charge in [0.05, 0.1) is 17.1 Å². The standard InChI is InChI=1S/C33H32ClFN4O3.2C2H6/c34-29-19-26(11-14-32(29)41-21-23-6-9-25(35)10-7-23)39-33-28-18-24(8-13-30(28)37-22-38-33)31-15-12-27(42-31)20-36-16-4-2-1-3-5-17-40;2*1-2/h6-15,17-19,22,36H,1-5,16,20-21H2,(H,37,38,39);2*1-2H3. The fourth-order valence-corrected chi connectivity index (χ4v) is 4.79. The van der Waals surface area contributed by atoms with E-state index < -0.39 is 0 Å². The van der Waals surface area contributed by atoms with Crippen LogP contribution in [0.4, 0.5) is 15.9 Å². The fraction of sp³-hybridized carbons (Fsp3) is 0.324. The first-order valence-corrected chi connectivity index (χ1v) is 16.4. The highest BCUT2D eigenvalue weighted by molar-refractivity contribution is 6.32. The van der Waals surface area contributed by atoms with Crippen molar-refractivity contribution in [1.29, 1.82) is 0 Å². The third-order valence-corrected chi connectivity index (χ3v) is 7.10. The number of aldehydes is 1. The summed E-state index contributed by atoms with van der Waals surface area (Å²) >= 11 is 6.51. The summed E-state index contributed by atoms with van der Waals surface area (Å²) in [7, 11) is 0. The maximum Gasteiger partial charge on any atom is 0.141 e. The zero-order chi connectivity index (χ0) is 33.1. The van der Waals surface area contributed by atoms with Gasteiger partial charge in [0.25, 0.3) is 0 Å². The van der Waals surface area contributed by atoms with Crippen LogP contribution >= 0.6 is 11.6 Å². The van der Waals surface area contributed by atoms with Crippen LogP contribution in [0.15, 0.2) is 83.5 Å². The summed E-state index contributed by atoms with van der Waals surface area (Å²) in [5.74, 6) is 2.51. The maximum atomic E-state index is 13.2. The van der Waals surface area contributed by atoms with Gasteiger partial charge in [-0.25, -0.2) is 14.4 Å². The molecule has 3 aromatic carbocycles. The van der Waals surface area contributed by atoms with Crippen molar-refractivity contribution in [3.63, 3.8) is 0 Å². The Labute approximate surface area is 276 Å². The van der Waals surface area contributed by atoms with Crippen molar-refractivity contribution >= 4 is 40.3 Å². The molecule has 0 unspecified atom stereocenters. The average molecular weight is 647 g/mol. The highest BCUT2D eigenvalue weighted by atomic mass is 35.5. The van der Waals surface area contributed by atoms with E-state index in [1.54, 1.807) is 24.3 Å². The summed E-state index contributed by atoms with van der Waals surface area (Å²) in [6.07, 6.45) is 7.39. The SMILES string of the molecule is CC.CC.O=CCCCCCCNCc1ccc(-c2ccc3ncnc(Nc4ccc(OCc5ccc(F)cc5)c(Cl)c4)c3c2)o1. The zero-order valence-corrected chi connectivity index (χ0v) is 27.9. The summed E-state index contributed by atoms with van der Waals surface area (Å²) in [5.41, 5.74) is 3.30. The number of rotatable bonds is 15. The van der Waals surface area contributed by atoms with Crippen LogP contribution in [0.1, 0.15) is 71.1 Å². The second kappa shape index (κ2) is 20.0. The molecule has 0 aliphatic heterocycles. The number of nitrogens with zero attached hydrogens (tertiary/aromatic N) is 2. The molecule has 2 aromatic heterocycles. The minimum Gasteiger partial charge on any atom is -0.487 e. The third-order valence-electron chi connectivity index (χ3n) is 6.81. The summed E-state index contributed by atoms with van der Waals surface area (Å²) in [5, 5.41) is 8.05. The Hall–Kier alpha value is -4.27. The minimum atomic E-state index is -0.288. The van der Waals surface area contributed by atoms with Crippen molar-refractivity contribution in [2.45, 2.75) is 73.0 Å². The van der Waals surface area contributed by atoms with E-state index in [-0.39, 0.29) is 12.4 Å². The van der Waals surface area contributed by atoms with Gasteiger partial charge in [-0.3, -0.25) is 0 Å². The van der Waals surface area contributed by atoms with Crippen molar-refractivity contribution in [1.82, 2.24) is 15.3 Å². The summed E-state index contributed by atoms with van der Waals surface area (Å²) in [6, 6.07) is 21.5. The molecule has 0 bridgehead atoms. The van der Waals surface area contributed by atoms with Gasteiger partial charge < -0.3 is 24.6 Å². The van der Waals surface area contributed by atoms with E-state index >= 15 is 0 Å². The topological polar surface area (TPSA) is 89.3 Å². The number of hydrogen-bond acceptors (Lipinski definition) is 7. The predicted molar refractivity (Wildman–Crippen MR) is 186 cm³/mol. The largest absolute Gasteiger partial charge is 0.487 e. The molecule has 2 heterocycles. The number of carbonyl (C=O) groups excluding carboxylic acids is 1. The number of fused-ring (bicyclic) bond motifs is 1. The second-order valence-corrected chi connectivity index (χ2v) is 10.4. The smallest absolute Gasteiger partial charge is 0.141 e. The second-order valence-electron chi connectivity index (χ2n) is 9.95. The van der Waals surface area contributed by atoms with Crippen LogP contribution in [0.3, 0.4) is 0 Å². The van der Waals surface area contributed by atoms with Gasteiger partial charge in [0.2, 0.25) is 0 Å². The Balaban J connectivity index is 0.00000139. The molecule has 0 amide bonds. The molecule has 9 heteroatoms. The van der Waals surface area contributed by atoms with Gasteiger partial charge in [0.15, 0.2) is 0 Å². The van der Waals surface area contributed by atoms with Gasteiger partial charge in [0.1, 0.15) is 48.1 Å². The van der Waals surface area contributed by atoms with Crippen molar-refractivity contribution in [3.8, 4) is 17.1 Å². The number of halogens is 2. The molecule has 0 saturated carbocycles. The molecule has 5 aromatic rings. The Morgan fingerprint density at radius 1 is 0.891 bits per heavy atom. The quantitative estimate of drug-likeness (QED) is 0.0864. The van der Waals surface area contributed by atoms with Crippen LogP contribution in [-0.4, -0.2) is 22.8 Å². The molecular weight excluding hydrogens is 603 g/mol. The summed E-state index contributed by atoms with van der Waals surface area (Å²) in [4.78, 5) is 19.3. The molecule has 0 spiro atoms. The first-order valence-electron chi connectivity index (χ1n) is 16.0. The number of nitrogens with one attached hydrogen (secondary N) is 2. The normalized spacial score (nSPS) is 10.4. The summed E-state index contributed by atoms with van der Waals surface area (Å²) < 4.78 is 25.1. The molecule has 0 atom stereocenters.